The molecule has 6 heteroatoms. The van der Waals surface area contributed by atoms with Crippen molar-refractivity contribution in [2.75, 3.05) is 13.7 Å². The summed E-state index contributed by atoms with van der Waals surface area (Å²) >= 11 is 5.76. The van der Waals surface area contributed by atoms with Crippen molar-refractivity contribution in [3.05, 3.63) is 35.4 Å². The van der Waals surface area contributed by atoms with Crippen molar-refractivity contribution in [2.45, 2.75) is 11.8 Å². The van der Waals surface area contributed by atoms with Gasteiger partial charge in [0.25, 0.3) is 0 Å². The molecule has 1 aromatic rings. The van der Waals surface area contributed by atoms with Crippen LogP contribution in [-0.2, 0) is 10.0 Å². The van der Waals surface area contributed by atoms with Gasteiger partial charge in [-0.15, -0.1) is 0 Å². The van der Waals surface area contributed by atoms with Crippen LogP contribution in [0.5, 0.6) is 5.75 Å². The first-order valence-corrected chi connectivity index (χ1v) is 6.70. The van der Waals surface area contributed by atoms with Crippen molar-refractivity contribution < 1.29 is 13.2 Å². The number of ether oxygens (including phenoxy) is 1. The molecule has 0 aliphatic heterocycles. The summed E-state index contributed by atoms with van der Waals surface area (Å²) in [6.07, 6.45) is 0. The van der Waals surface area contributed by atoms with Crippen molar-refractivity contribution in [3.8, 4) is 5.75 Å². The molecule has 17 heavy (non-hydrogen) atoms. The van der Waals surface area contributed by atoms with Crippen LogP contribution in [0.3, 0.4) is 0 Å². The van der Waals surface area contributed by atoms with Crippen molar-refractivity contribution in [3.63, 3.8) is 0 Å². The summed E-state index contributed by atoms with van der Waals surface area (Å²) in [4.78, 5) is 0.0608. The molecule has 0 heterocycles. The fourth-order valence-electron chi connectivity index (χ4n) is 1.16. The van der Waals surface area contributed by atoms with E-state index in [4.69, 9.17) is 16.3 Å². The van der Waals surface area contributed by atoms with Crippen LogP contribution in [0.4, 0.5) is 0 Å². The van der Waals surface area contributed by atoms with E-state index in [-0.39, 0.29) is 17.2 Å². The van der Waals surface area contributed by atoms with Crippen LogP contribution in [0, 0.1) is 0 Å². The lowest BCUT2D eigenvalue weighted by molar-refractivity contribution is 0.402. The Hall–Kier alpha value is -1.04. The zero-order chi connectivity index (χ0) is 13.1. The number of sulfonamides is 1. The molecule has 0 saturated heterocycles. The van der Waals surface area contributed by atoms with E-state index >= 15 is 0 Å². The summed E-state index contributed by atoms with van der Waals surface area (Å²) < 4.78 is 31.3. The van der Waals surface area contributed by atoms with Crippen LogP contribution in [0.15, 0.2) is 35.2 Å². The van der Waals surface area contributed by atoms with Gasteiger partial charge in [0.2, 0.25) is 10.0 Å². The van der Waals surface area contributed by atoms with Gasteiger partial charge in [-0.1, -0.05) is 23.8 Å². The van der Waals surface area contributed by atoms with Gasteiger partial charge in [-0.3, -0.25) is 0 Å². The highest BCUT2D eigenvalue weighted by Gasteiger charge is 2.19. The van der Waals surface area contributed by atoms with E-state index < -0.39 is 10.0 Å². The second-order valence-corrected chi connectivity index (χ2v) is 5.75. The molecule has 94 valence electrons. The Bertz CT molecular complexity index is 526. The zero-order valence-corrected chi connectivity index (χ0v) is 11.2. The van der Waals surface area contributed by atoms with Crippen molar-refractivity contribution >= 4 is 21.6 Å². The minimum atomic E-state index is -3.61. The molecule has 0 radical (unpaired) electrons. The number of methoxy groups -OCH3 is 1. The van der Waals surface area contributed by atoms with Crippen molar-refractivity contribution in [2.24, 2.45) is 0 Å². The van der Waals surface area contributed by atoms with Gasteiger partial charge in [0, 0.05) is 17.6 Å². The number of hydrogen-bond acceptors (Lipinski definition) is 3. The molecule has 0 atom stereocenters. The number of halogens is 1. The number of benzene rings is 1. The van der Waals surface area contributed by atoms with E-state index in [2.05, 4.69) is 11.3 Å². The summed E-state index contributed by atoms with van der Waals surface area (Å²) in [7, 11) is -2.22. The number of hydrogen-bond donors (Lipinski definition) is 1. The second kappa shape index (κ2) is 5.53. The molecule has 0 spiro atoms. The topological polar surface area (TPSA) is 55.4 Å². The molecule has 0 amide bonds. The van der Waals surface area contributed by atoms with Crippen LogP contribution < -0.4 is 9.46 Å². The van der Waals surface area contributed by atoms with Gasteiger partial charge >= 0.3 is 0 Å². The predicted octanol–water partition coefficient (Wildman–Crippen LogP) is 2.20. The minimum absolute atomic E-state index is 0.0608. The van der Waals surface area contributed by atoms with E-state index in [1.807, 2.05) is 0 Å². The summed E-state index contributed by atoms with van der Waals surface area (Å²) in [6, 6.07) is 4.36. The molecule has 0 saturated carbocycles. The maximum absolute atomic E-state index is 12.0. The van der Waals surface area contributed by atoms with Gasteiger partial charge in [-0.2, -0.15) is 0 Å². The van der Waals surface area contributed by atoms with Crippen LogP contribution in [0.2, 0.25) is 5.02 Å². The van der Waals surface area contributed by atoms with Gasteiger partial charge in [-0.25, -0.2) is 13.1 Å². The standard InChI is InChI=1S/C11H14ClNO3S/c1-8(2)7-13-17(14,15)11-5-4-9(12)6-10(11)16-3/h4-6,13H,1,7H2,2-3H3. The number of nitrogens with one attached hydrogen (secondary N) is 1. The first-order valence-electron chi connectivity index (χ1n) is 4.84. The third-order valence-electron chi connectivity index (χ3n) is 1.98. The average molecular weight is 276 g/mol. The molecule has 1 rings (SSSR count). The Morgan fingerprint density at radius 3 is 2.71 bits per heavy atom. The fourth-order valence-corrected chi connectivity index (χ4v) is 2.57. The van der Waals surface area contributed by atoms with Gasteiger partial charge in [0.1, 0.15) is 10.6 Å². The normalized spacial score (nSPS) is 11.2. The highest BCUT2D eigenvalue weighted by molar-refractivity contribution is 7.89. The lowest BCUT2D eigenvalue weighted by Crippen LogP contribution is -2.25. The molecular weight excluding hydrogens is 262 g/mol. The largest absolute Gasteiger partial charge is 0.495 e. The van der Waals surface area contributed by atoms with Crippen LogP contribution in [0.25, 0.3) is 0 Å². The predicted molar refractivity (Wildman–Crippen MR) is 68.0 cm³/mol. The monoisotopic (exact) mass is 275 g/mol. The maximum Gasteiger partial charge on any atom is 0.244 e. The van der Waals surface area contributed by atoms with Crippen LogP contribution in [0.1, 0.15) is 6.92 Å². The average Bonchev–Trinajstić information content (AvgIpc) is 2.26. The Morgan fingerprint density at radius 2 is 2.18 bits per heavy atom. The van der Waals surface area contributed by atoms with E-state index in [0.717, 1.165) is 5.57 Å². The molecule has 0 aliphatic carbocycles. The molecule has 0 aliphatic rings. The molecule has 0 bridgehead atoms. The lowest BCUT2D eigenvalue weighted by Gasteiger charge is -2.10. The second-order valence-electron chi connectivity index (χ2n) is 3.58. The number of rotatable bonds is 5. The van der Waals surface area contributed by atoms with E-state index in [1.165, 1.54) is 25.3 Å². The molecule has 4 nitrogen and oxygen atoms in total. The molecule has 1 N–H and O–H groups in total. The SMILES string of the molecule is C=C(C)CNS(=O)(=O)c1ccc(Cl)cc1OC. The summed E-state index contributed by atoms with van der Waals surface area (Å²) in [5.74, 6) is 0.215. The van der Waals surface area contributed by atoms with E-state index in [0.29, 0.717) is 5.02 Å². The Morgan fingerprint density at radius 1 is 1.53 bits per heavy atom. The highest BCUT2D eigenvalue weighted by Crippen LogP contribution is 2.26. The Balaban J connectivity index is 3.10. The first kappa shape index (κ1) is 14.0. The zero-order valence-electron chi connectivity index (χ0n) is 9.66. The van der Waals surface area contributed by atoms with Crippen molar-refractivity contribution in [1.82, 2.24) is 4.72 Å². The quantitative estimate of drug-likeness (QED) is 0.838. The van der Waals surface area contributed by atoms with Crippen LogP contribution in [-0.4, -0.2) is 22.1 Å². The van der Waals surface area contributed by atoms with Gasteiger partial charge in [-0.05, 0) is 19.1 Å². The lowest BCUT2D eigenvalue weighted by atomic mass is 10.3. The summed E-state index contributed by atoms with van der Waals surface area (Å²) in [6.45, 7) is 5.56. The fraction of sp³-hybridized carbons (Fsp3) is 0.273. The van der Waals surface area contributed by atoms with Gasteiger partial charge < -0.3 is 4.74 Å². The van der Waals surface area contributed by atoms with E-state index in [1.54, 1.807) is 6.92 Å². The highest BCUT2D eigenvalue weighted by atomic mass is 35.5. The molecule has 0 aromatic heterocycles. The molecule has 0 fully saturated rings. The van der Waals surface area contributed by atoms with Gasteiger partial charge in [0.15, 0.2) is 0 Å². The van der Waals surface area contributed by atoms with Crippen LogP contribution >= 0.6 is 11.6 Å². The smallest absolute Gasteiger partial charge is 0.244 e. The molecule has 0 unspecified atom stereocenters. The minimum Gasteiger partial charge on any atom is -0.495 e. The molecular formula is C11H14ClNO3S. The van der Waals surface area contributed by atoms with E-state index in [9.17, 15) is 8.42 Å². The van der Waals surface area contributed by atoms with Gasteiger partial charge in [0.05, 0.1) is 7.11 Å². The molecule has 1 aromatic carbocycles. The first-order chi connectivity index (χ1) is 7.86. The third-order valence-corrected chi connectivity index (χ3v) is 3.65. The maximum atomic E-state index is 12.0. The summed E-state index contributed by atoms with van der Waals surface area (Å²) in [5.41, 5.74) is 0.724. The Kier molecular flexibility index (Phi) is 4.56. The third kappa shape index (κ3) is 3.73. The van der Waals surface area contributed by atoms with Crippen molar-refractivity contribution in [1.29, 1.82) is 0 Å². The summed E-state index contributed by atoms with van der Waals surface area (Å²) in [5, 5.41) is 0.417. The Labute approximate surface area is 106 Å².